The molecule has 0 bridgehead atoms. The van der Waals surface area contributed by atoms with Gasteiger partial charge >= 0.3 is 11.8 Å². The molecule has 3 rings (SSSR count). The maximum absolute atomic E-state index is 11.8. The Morgan fingerprint density at radius 3 is 2.80 bits per heavy atom. The molecule has 0 spiro atoms. The van der Waals surface area contributed by atoms with Gasteiger partial charge in [-0.2, -0.15) is 0 Å². The monoisotopic (exact) mass is 344 g/mol. The van der Waals surface area contributed by atoms with Gasteiger partial charge in [0, 0.05) is 32.2 Å². The molecular weight excluding hydrogens is 324 g/mol. The number of carbonyl (C=O) groups is 2. The van der Waals surface area contributed by atoms with Crippen molar-refractivity contribution in [3.05, 3.63) is 48.2 Å². The Morgan fingerprint density at radius 1 is 1.20 bits per heavy atom. The third-order valence-electron chi connectivity index (χ3n) is 3.92. The quantitative estimate of drug-likeness (QED) is 0.779. The second kappa shape index (κ2) is 8.41. The summed E-state index contributed by atoms with van der Waals surface area (Å²) in [5, 5.41) is 8.47. The summed E-state index contributed by atoms with van der Waals surface area (Å²) in [5.41, 5.74) is 1.14. The molecule has 0 radical (unpaired) electrons. The van der Waals surface area contributed by atoms with Crippen molar-refractivity contribution in [3.63, 3.8) is 0 Å². The Hall–Kier alpha value is -2.71. The van der Waals surface area contributed by atoms with Crippen LogP contribution >= 0.6 is 0 Å². The van der Waals surface area contributed by atoms with E-state index in [0.717, 1.165) is 18.7 Å². The number of morpholine rings is 1. The van der Waals surface area contributed by atoms with Gasteiger partial charge in [0.15, 0.2) is 5.82 Å². The van der Waals surface area contributed by atoms with Crippen molar-refractivity contribution in [1.29, 1.82) is 0 Å². The van der Waals surface area contributed by atoms with Gasteiger partial charge in [0.05, 0.1) is 12.7 Å². The summed E-state index contributed by atoms with van der Waals surface area (Å²) in [5.74, 6) is -1.26. The molecule has 1 saturated heterocycles. The lowest BCUT2D eigenvalue weighted by molar-refractivity contribution is -0.136. The third kappa shape index (κ3) is 4.88. The summed E-state index contributed by atoms with van der Waals surface area (Å²) in [6.45, 7) is 3.22. The highest BCUT2D eigenvalue weighted by molar-refractivity contribution is 6.39. The fourth-order valence-electron chi connectivity index (χ4n) is 2.63. The molecule has 1 fully saturated rings. The molecule has 8 heteroatoms. The number of hydrogen-bond donors (Lipinski definition) is 2. The molecule has 132 valence electrons. The Bertz CT molecular complexity index is 690. The summed E-state index contributed by atoms with van der Waals surface area (Å²) in [4.78, 5) is 25.7. The minimum absolute atomic E-state index is 0.0288. The van der Waals surface area contributed by atoms with Crippen molar-refractivity contribution in [1.82, 2.24) is 15.4 Å². The molecule has 25 heavy (non-hydrogen) atoms. The predicted molar refractivity (Wildman–Crippen MR) is 89.7 cm³/mol. The molecule has 2 aromatic rings. The first-order chi connectivity index (χ1) is 12.2. The van der Waals surface area contributed by atoms with E-state index in [1.165, 1.54) is 12.3 Å². The summed E-state index contributed by atoms with van der Waals surface area (Å²) in [6, 6.07) is 11.5. The number of amides is 2. The highest BCUT2D eigenvalue weighted by Gasteiger charge is 2.22. The molecule has 2 N–H and O–H groups in total. The third-order valence-corrected chi connectivity index (χ3v) is 3.92. The lowest BCUT2D eigenvalue weighted by Gasteiger charge is -2.33. The standard InChI is InChI=1S/C17H20N4O4/c22-16(17(23)19-15-6-10-25-20-15)18-7-8-21-9-11-24-14(12-21)13-4-2-1-3-5-13/h1-6,10,14H,7-9,11-12H2,(H,18,22)(H,19,20,23)/t14-/m1/s1. The number of carbonyl (C=O) groups excluding carboxylic acids is 2. The molecular formula is C17H20N4O4. The first-order valence-corrected chi connectivity index (χ1v) is 8.11. The molecule has 0 saturated carbocycles. The van der Waals surface area contributed by atoms with Crippen LogP contribution < -0.4 is 10.6 Å². The zero-order valence-corrected chi connectivity index (χ0v) is 13.7. The van der Waals surface area contributed by atoms with Gasteiger partial charge in [-0.1, -0.05) is 35.5 Å². The fraction of sp³-hybridized carbons (Fsp3) is 0.353. The SMILES string of the molecule is O=C(NCCN1CCO[C@@H](c2ccccc2)C1)C(=O)Nc1ccon1. The molecule has 8 nitrogen and oxygen atoms in total. The topological polar surface area (TPSA) is 96.7 Å². The van der Waals surface area contributed by atoms with E-state index in [4.69, 9.17) is 4.74 Å². The van der Waals surface area contributed by atoms with Gasteiger partial charge in [-0.05, 0) is 5.56 Å². The number of benzene rings is 1. The van der Waals surface area contributed by atoms with E-state index < -0.39 is 11.8 Å². The largest absolute Gasteiger partial charge is 0.371 e. The van der Waals surface area contributed by atoms with Gasteiger partial charge in [0.25, 0.3) is 0 Å². The van der Waals surface area contributed by atoms with Crippen molar-refractivity contribution in [2.75, 3.05) is 38.1 Å². The Balaban J connectivity index is 1.41. The summed E-state index contributed by atoms with van der Waals surface area (Å²) >= 11 is 0. The zero-order chi connectivity index (χ0) is 17.5. The summed E-state index contributed by atoms with van der Waals surface area (Å²) < 4.78 is 10.4. The van der Waals surface area contributed by atoms with Gasteiger partial charge in [0.1, 0.15) is 6.26 Å². The van der Waals surface area contributed by atoms with Gasteiger partial charge in [-0.15, -0.1) is 0 Å². The number of rotatable bonds is 5. The minimum atomic E-state index is -0.766. The number of nitrogens with one attached hydrogen (secondary N) is 2. The van der Waals surface area contributed by atoms with Crippen LogP contribution in [-0.4, -0.2) is 54.7 Å². The van der Waals surface area contributed by atoms with Crippen LogP contribution in [0.25, 0.3) is 0 Å². The van der Waals surface area contributed by atoms with E-state index in [2.05, 4.69) is 25.2 Å². The Labute approximate surface area is 145 Å². The number of aromatic nitrogens is 1. The maximum Gasteiger partial charge on any atom is 0.314 e. The van der Waals surface area contributed by atoms with Crippen LogP contribution in [0.1, 0.15) is 11.7 Å². The van der Waals surface area contributed by atoms with Crippen LogP contribution in [0, 0.1) is 0 Å². The molecule has 1 aliphatic rings. The summed E-state index contributed by atoms with van der Waals surface area (Å²) in [6.07, 6.45) is 1.34. The molecule has 1 aliphatic heterocycles. The minimum Gasteiger partial charge on any atom is -0.371 e. The van der Waals surface area contributed by atoms with Gasteiger partial charge in [0.2, 0.25) is 0 Å². The first kappa shape index (κ1) is 17.1. The normalized spacial score (nSPS) is 17.8. The van der Waals surface area contributed by atoms with E-state index >= 15 is 0 Å². The highest BCUT2D eigenvalue weighted by atomic mass is 16.5. The molecule has 0 aliphatic carbocycles. The van der Waals surface area contributed by atoms with Crippen molar-refractivity contribution < 1.29 is 18.8 Å². The number of ether oxygens (including phenoxy) is 1. The molecule has 1 aromatic carbocycles. The highest BCUT2D eigenvalue weighted by Crippen LogP contribution is 2.21. The first-order valence-electron chi connectivity index (χ1n) is 8.11. The number of nitrogens with zero attached hydrogens (tertiary/aromatic N) is 2. The molecule has 2 heterocycles. The second-order valence-corrected chi connectivity index (χ2v) is 5.67. The molecule has 1 atom stereocenters. The average Bonchev–Trinajstić information content (AvgIpc) is 3.15. The second-order valence-electron chi connectivity index (χ2n) is 5.67. The smallest absolute Gasteiger partial charge is 0.314 e. The maximum atomic E-state index is 11.8. The van der Waals surface area contributed by atoms with E-state index in [1.807, 2.05) is 30.3 Å². The number of anilines is 1. The predicted octanol–water partition coefficient (Wildman–Crippen LogP) is 0.803. The van der Waals surface area contributed by atoms with E-state index in [9.17, 15) is 9.59 Å². The zero-order valence-electron chi connectivity index (χ0n) is 13.7. The van der Waals surface area contributed by atoms with Crippen LogP contribution in [0.2, 0.25) is 0 Å². The fourth-order valence-corrected chi connectivity index (χ4v) is 2.63. The Kier molecular flexibility index (Phi) is 5.76. The van der Waals surface area contributed by atoms with Crippen molar-refractivity contribution >= 4 is 17.6 Å². The lowest BCUT2D eigenvalue weighted by atomic mass is 10.1. The summed E-state index contributed by atoms with van der Waals surface area (Å²) in [7, 11) is 0. The van der Waals surface area contributed by atoms with Gasteiger partial charge in [-0.3, -0.25) is 19.8 Å². The van der Waals surface area contributed by atoms with Crippen molar-refractivity contribution in [2.24, 2.45) is 0 Å². The molecule has 0 unspecified atom stereocenters. The van der Waals surface area contributed by atoms with Crippen molar-refractivity contribution in [3.8, 4) is 0 Å². The van der Waals surface area contributed by atoms with Crippen LogP contribution in [0.3, 0.4) is 0 Å². The average molecular weight is 344 g/mol. The van der Waals surface area contributed by atoms with E-state index in [0.29, 0.717) is 19.7 Å². The number of hydrogen-bond acceptors (Lipinski definition) is 6. The van der Waals surface area contributed by atoms with Gasteiger partial charge in [-0.25, -0.2) is 0 Å². The van der Waals surface area contributed by atoms with Crippen molar-refractivity contribution in [2.45, 2.75) is 6.10 Å². The lowest BCUT2D eigenvalue weighted by Crippen LogP contribution is -2.44. The molecule has 2 amide bonds. The van der Waals surface area contributed by atoms with Crippen LogP contribution in [0.5, 0.6) is 0 Å². The Morgan fingerprint density at radius 2 is 2.04 bits per heavy atom. The van der Waals surface area contributed by atoms with Gasteiger partial charge < -0.3 is 14.6 Å². The van der Waals surface area contributed by atoms with Crippen LogP contribution in [0.4, 0.5) is 5.82 Å². The molecule has 1 aromatic heterocycles. The van der Waals surface area contributed by atoms with E-state index in [1.54, 1.807) is 0 Å². The van der Waals surface area contributed by atoms with Crippen LogP contribution in [-0.2, 0) is 14.3 Å². The van der Waals surface area contributed by atoms with Crippen LogP contribution in [0.15, 0.2) is 47.2 Å². The van der Waals surface area contributed by atoms with E-state index in [-0.39, 0.29) is 11.9 Å².